The summed E-state index contributed by atoms with van der Waals surface area (Å²) >= 11 is 1.57. The zero-order valence-corrected chi connectivity index (χ0v) is 18.1. The van der Waals surface area contributed by atoms with Crippen LogP contribution in [0.5, 0.6) is 0 Å². The van der Waals surface area contributed by atoms with E-state index in [1.807, 2.05) is 76.9 Å². The minimum absolute atomic E-state index is 0.122. The fraction of sp³-hybridized carbons (Fsp3) is 0.0800. The monoisotopic (exact) mass is 439 g/mol. The van der Waals surface area contributed by atoms with E-state index in [0.717, 1.165) is 28.2 Å². The SMILES string of the molecule is O=C(NCCc1ccc(-n2cccn2)cc1)c1cn(-c2ccccc2)nc1-c1cccs1. The van der Waals surface area contributed by atoms with Crippen LogP contribution in [0.25, 0.3) is 21.9 Å². The molecule has 2 aromatic carbocycles. The summed E-state index contributed by atoms with van der Waals surface area (Å²) in [4.78, 5) is 14.0. The number of thiophene rings is 1. The molecule has 32 heavy (non-hydrogen) atoms. The molecule has 0 saturated carbocycles. The maximum Gasteiger partial charge on any atom is 0.255 e. The quantitative estimate of drug-likeness (QED) is 0.398. The average molecular weight is 440 g/mol. The van der Waals surface area contributed by atoms with Gasteiger partial charge in [0, 0.05) is 25.1 Å². The molecule has 0 atom stereocenters. The zero-order valence-electron chi connectivity index (χ0n) is 17.3. The molecule has 1 amide bonds. The number of hydrogen-bond acceptors (Lipinski definition) is 4. The Labute approximate surface area is 189 Å². The van der Waals surface area contributed by atoms with E-state index in [-0.39, 0.29) is 5.91 Å². The highest BCUT2D eigenvalue weighted by atomic mass is 32.1. The minimum Gasteiger partial charge on any atom is -0.352 e. The lowest BCUT2D eigenvalue weighted by Gasteiger charge is -2.06. The highest BCUT2D eigenvalue weighted by Gasteiger charge is 2.19. The molecule has 5 rings (SSSR count). The number of aromatic nitrogens is 4. The fourth-order valence-electron chi connectivity index (χ4n) is 3.50. The molecule has 0 saturated heterocycles. The molecule has 0 aliphatic heterocycles. The first-order valence-corrected chi connectivity index (χ1v) is 11.2. The van der Waals surface area contributed by atoms with Crippen LogP contribution in [0, 0.1) is 0 Å². The van der Waals surface area contributed by atoms with Crippen LogP contribution in [-0.2, 0) is 6.42 Å². The second-order valence-electron chi connectivity index (χ2n) is 7.27. The molecule has 0 unspecified atom stereocenters. The summed E-state index contributed by atoms with van der Waals surface area (Å²) in [6.45, 7) is 0.542. The van der Waals surface area contributed by atoms with Gasteiger partial charge < -0.3 is 5.32 Å². The summed E-state index contributed by atoms with van der Waals surface area (Å²) in [6, 6.07) is 23.9. The number of carbonyl (C=O) groups excluding carboxylic acids is 1. The van der Waals surface area contributed by atoms with Gasteiger partial charge in [0.15, 0.2) is 0 Å². The van der Waals surface area contributed by atoms with Crippen molar-refractivity contribution < 1.29 is 4.79 Å². The molecule has 5 aromatic rings. The van der Waals surface area contributed by atoms with Crippen molar-refractivity contribution in [1.82, 2.24) is 24.9 Å². The summed E-state index contributed by atoms with van der Waals surface area (Å²) in [5, 5.41) is 14.0. The van der Waals surface area contributed by atoms with Gasteiger partial charge in [0.2, 0.25) is 0 Å². The highest BCUT2D eigenvalue weighted by molar-refractivity contribution is 7.13. The molecule has 7 heteroatoms. The van der Waals surface area contributed by atoms with E-state index in [9.17, 15) is 4.79 Å². The Bertz CT molecular complexity index is 1290. The summed E-state index contributed by atoms with van der Waals surface area (Å²) in [5.74, 6) is -0.122. The zero-order chi connectivity index (χ0) is 21.8. The first-order valence-electron chi connectivity index (χ1n) is 10.3. The van der Waals surface area contributed by atoms with Crippen LogP contribution in [0.1, 0.15) is 15.9 Å². The van der Waals surface area contributed by atoms with Gasteiger partial charge in [0.05, 0.1) is 21.8 Å². The van der Waals surface area contributed by atoms with E-state index in [1.54, 1.807) is 28.4 Å². The maximum atomic E-state index is 13.0. The molecular weight excluding hydrogens is 418 g/mol. The second-order valence-corrected chi connectivity index (χ2v) is 8.22. The topological polar surface area (TPSA) is 64.7 Å². The Morgan fingerprint density at radius 2 is 1.72 bits per heavy atom. The predicted octanol–water partition coefficient (Wildman–Crippen LogP) is 4.76. The van der Waals surface area contributed by atoms with Crippen molar-refractivity contribution >= 4 is 17.2 Å². The second kappa shape index (κ2) is 9.03. The molecule has 6 nitrogen and oxygen atoms in total. The number of nitrogens with zero attached hydrogens (tertiary/aromatic N) is 4. The third kappa shape index (κ3) is 4.24. The third-order valence-corrected chi connectivity index (χ3v) is 6.02. The number of benzene rings is 2. The van der Waals surface area contributed by atoms with Crippen molar-refractivity contribution in [1.29, 1.82) is 0 Å². The fourth-order valence-corrected chi connectivity index (χ4v) is 4.22. The van der Waals surface area contributed by atoms with Crippen LogP contribution in [0.15, 0.2) is 96.8 Å². The molecule has 0 bridgehead atoms. The van der Waals surface area contributed by atoms with Crippen molar-refractivity contribution in [3.8, 4) is 21.9 Å². The summed E-state index contributed by atoms with van der Waals surface area (Å²) in [5.41, 5.74) is 4.35. The summed E-state index contributed by atoms with van der Waals surface area (Å²) < 4.78 is 3.58. The van der Waals surface area contributed by atoms with Gasteiger partial charge in [-0.3, -0.25) is 4.79 Å². The Kier molecular flexibility index (Phi) is 5.63. The molecule has 3 heterocycles. The Hall–Kier alpha value is -3.97. The van der Waals surface area contributed by atoms with E-state index in [1.165, 1.54) is 0 Å². The number of para-hydroxylation sites is 1. The average Bonchev–Trinajstić information content (AvgIpc) is 3.61. The molecular formula is C25H21N5OS. The molecule has 0 fully saturated rings. The predicted molar refractivity (Wildman–Crippen MR) is 126 cm³/mol. The van der Waals surface area contributed by atoms with E-state index < -0.39 is 0 Å². The molecule has 1 N–H and O–H groups in total. The van der Waals surface area contributed by atoms with E-state index in [0.29, 0.717) is 17.8 Å². The van der Waals surface area contributed by atoms with Crippen LogP contribution >= 0.6 is 11.3 Å². The van der Waals surface area contributed by atoms with Gasteiger partial charge in [-0.2, -0.15) is 10.2 Å². The molecule has 0 radical (unpaired) electrons. The van der Waals surface area contributed by atoms with Crippen molar-refractivity contribution in [3.63, 3.8) is 0 Å². The molecule has 0 aliphatic carbocycles. The number of rotatable bonds is 7. The highest BCUT2D eigenvalue weighted by Crippen LogP contribution is 2.27. The Morgan fingerprint density at radius 3 is 2.44 bits per heavy atom. The van der Waals surface area contributed by atoms with E-state index in [4.69, 9.17) is 5.10 Å². The van der Waals surface area contributed by atoms with E-state index in [2.05, 4.69) is 22.5 Å². The number of carbonyl (C=O) groups is 1. The Morgan fingerprint density at radius 1 is 0.906 bits per heavy atom. The van der Waals surface area contributed by atoms with Gasteiger partial charge in [-0.25, -0.2) is 9.36 Å². The largest absolute Gasteiger partial charge is 0.352 e. The normalized spacial score (nSPS) is 10.9. The molecule has 3 aromatic heterocycles. The van der Waals surface area contributed by atoms with Crippen LogP contribution in [0.4, 0.5) is 0 Å². The standard InChI is InChI=1S/C25H21N5OS/c31-25(26-15-13-19-9-11-21(12-10-19)29-16-5-14-27-29)22-18-30(20-6-2-1-3-7-20)28-24(22)23-8-4-17-32-23/h1-12,14,16-18H,13,15H2,(H,26,31). The minimum atomic E-state index is -0.122. The molecule has 158 valence electrons. The Balaban J connectivity index is 1.29. The number of nitrogens with one attached hydrogen (secondary N) is 1. The lowest BCUT2D eigenvalue weighted by Crippen LogP contribution is -2.25. The van der Waals surface area contributed by atoms with Gasteiger partial charge >= 0.3 is 0 Å². The van der Waals surface area contributed by atoms with Crippen molar-refractivity contribution in [2.24, 2.45) is 0 Å². The third-order valence-electron chi connectivity index (χ3n) is 5.14. The van der Waals surface area contributed by atoms with Gasteiger partial charge in [-0.1, -0.05) is 36.4 Å². The summed E-state index contributed by atoms with van der Waals surface area (Å²) in [6.07, 6.45) is 6.22. The van der Waals surface area contributed by atoms with Gasteiger partial charge in [-0.05, 0) is 53.8 Å². The smallest absolute Gasteiger partial charge is 0.255 e. The van der Waals surface area contributed by atoms with Gasteiger partial charge in [0.25, 0.3) is 5.91 Å². The van der Waals surface area contributed by atoms with Crippen LogP contribution in [0.3, 0.4) is 0 Å². The van der Waals surface area contributed by atoms with Gasteiger partial charge in [0.1, 0.15) is 5.69 Å². The van der Waals surface area contributed by atoms with Crippen LogP contribution in [-0.4, -0.2) is 32.0 Å². The van der Waals surface area contributed by atoms with Crippen molar-refractivity contribution in [3.05, 3.63) is 108 Å². The van der Waals surface area contributed by atoms with Crippen LogP contribution in [0.2, 0.25) is 0 Å². The lowest BCUT2D eigenvalue weighted by atomic mass is 10.1. The van der Waals surface area contributed by atoms with Gasteiger partial charge in [-0.15, -0.1) is 11.3 Å². The van der Waals surface area contributed by atoms with E-state index >= 15 is 0 Å². The summed E-state index contributed by atoms with van der Waals surface area (Å²) in [7, 11) is 0. The van der Waals surface area contributed by atoms with Crippen LogP contribution < -0.4 is 5.32 Å². The first-order chi connectivity index (χ1) is 15.8. The lowest BCUT2D eigenvalue weighted by molar-refractivity contribution is 0.0955. The first kappa shape index (κ1) is 20.0. The van der Waals surface area contributed by atoms with Crippen molar-refractivity contribution in [2.75, 3.05) is 6.54 Å². The van der Waals surface area contributed by atoms with Crippen molar-refractivity contribution in [2.45, 2.75) is 6.42 Å². The number of amides is 1. The molecule has 0 aliphatic rings. The number of hydrogen-bond donors (Lipinski definition) is 1. The maximum absolute atomic E-state index is 13.0. The molecule has 0 spiro atoms.